The van der Waals surface area contributed by atoms with Crippen molar-refractivity contribution in [2.75, 3.05) is 33.2 Å². The molecule has 0 aliphatic carbocycles. The minimum atomic E-state index is 0.145. The number of piperazine rings is 1. The van der Waals surface area contributed by atoms with E-state index >= 15 is 0 Å². The highest BCUT2D eigenvalue weighted by atomic mass is 16.2. The molecule has 0 radical (unpaired) electrons. The fraction of sp³-hybridized carbons (Fsp3) is 0.409. The third-order valence-corrected chi connectivity index (χ3v) is 5.44. The number of amides is 1. The molecule has 1 aromatic heterocycles. The summed E-state index contributed by atoms with van der Waals surface area (Å²) in [6.07, 6.45) is 3.99. The molecule has 4 rings (SSSR count). The summed E-state index contributed by atoms with van der Waals surface area (Å²) in [4.78, 5) is 24.9. The van der Waals surface area contributed by atoms with Gasteiger partial charge in [0.2, 0.25) is 5.91 Å². The zero-order valence-electron chi connectivity index (χ0n) is 16.8. The van der Waals surface area contributed by atoms with Crippen LogP contribution in [0.4, 0.5) is 0 Å². The summed E-state index contributed by atoms with van der Waals surface area (Å²) in [6.45, 7) is 7.74. The Morgan fingerprint density at radius 3 is 2.86 bits per heavy atom. The van der Waals surface area contributed by atoms with Gasteiger partial charge in [0.25, 0.3) is 0 Å². The van der Waals surface area contributed by atoms with E-state index in [-0.39, 0.29) is 5.91 Å². The first-order valence-corrected chi connectivity index (χ1v) is 9.86. The van der Waals surface area contributed by atoms with Gasteiger partial charge in [0.1, 0.15) is 5.84 Å². The molecular formula is C22H27N5O. The summed E-state index contributed by atoms with van der Waals surface area (Å²) < 4.78 is 0. The number of nitrogens with zero attached hydrogens (tertiary/aromatic N) is 4. The summed E-state index contributed by atoms with van der Waals surface area (Å²) in [7, 11) is 1.85. The first-order chi connectivity index (χ1) is 13.5. The Morgan fingerprint density at radius 1 is 1.21 bits per heavy atom. The fourth-order valence-corrected chi connectivity index (χ4v) is 3.53. The number of fused-ring (bicyclic) bond motifs is 1. The first-order valence-electron chi connectivity index (χ1n) is 9.86. The van der Waals surface area contributed by atoms with Crippen molar-refractivity contribution in [2.24, 2.45) is 4.99 Å². The number of rotatable bonds is 4. The quantitative estimate of drug-likeness (QED) is 0.889. The van der Waals surface area contributed by atoms with Gasteiger partial charge in [0, 0.05) is 50.0 Å². The molecule has 3 heterocycles. The number of hydrogen-bond acceptors (Lipinski definition) is 5. The lowest BCUT2D eigenvalue weighted by atomic mass is 10.0. The van der Waals surface area contributed by atoms with Gasteiger partial charge in [0.15, 0.2) is 0 Å². The third-order valence-electron chi connectivity index (χ3n) is 5.44. The topological polar surface area (TPSA) is 60.8 Å². The van der Waals surface area contributed by atoms with Crippen LogP contribution >= 0.6 is 0 Å². The number of nitrogens with one attached hydrogen (secondary N) is 1. The zero-order chi connectivity index (χ0) is 19.7. The van der Waals surface area contributed by atoms with E-state index in [0.29, 0.717) is 25.6 Å². The van der Waals surface area contributed by atoms with Crippen LogP contribution in [0.15, 0.2) is 47.2 Å². The maximum absolute atomic E-state index is 11.9. The molecule has 2 aliphatic heterocycles. The van der Waals surface area contributed by atoms with E-state index in [1.54, 1.807) is 4.90 Å². The molecule has 0 unspecified atom stereocenters. The summed E-state index contributed by atoms with van der Waals surface area (Å²) >= 11 is 0. The molecule has 2 aliphatic rings. The van der Waals surface area contributed by atoms with E-state index in [1.807, 2.05) is 13.2 Å². The fourth-order valence-electron chi connectivity index (χ4n) is 3.53. The Kier molecular flexibility index (Phi) is 5.03. The molecule has 0 bridgehead atoms. The lowest BCUT2D eigenvalue weighted by molar-refractivity contribution is -0.132. The highest BCUT2D eigenvalue weighted by Gasteiger charge is 2.24. The molecule has 2 aromatic rings. The van der Waals surface area contributed by atoms with Crippen LogP contribution in [0.2, 0.25) is 0 Å². The predicted molar refractivity (Wildman–Crippen MR) is 112 cm³/mol. The number of aromatic nitrogens is 1. The molecule has 1 N–H and O–H groups in total. The second-order valence-electron chi connectivity index (χ2n) is 7.88. The van der Waals surface area contributed by atoms with Gasteiger partial charge in [-0.25, -0.2) is 0 Å². The van der Waals surface area contributed by atoms with Crippen molar-refractivity contribution >= 4 is 22.6 Å². The van der Waals surface area contributed by atoms with Gasteiger partial charge in [-0.2, -0.15) is 0 Å². The Hall–Kier alpha value is -2.89. The van der Waals surface area contributed by atoms with Gasteiger partial charge in [-0.15, -0.1) is 0 Å². The van der Waals surface area contributed by atoms with E-state index in [9.17, 15) is 4.79 Å². The number of amidine groups is 1. The molecule has 0 atom stereocenters. The summed E-state index contributed by atoms with van der Waals surface area (Å²) in [5, 5.41) is 4.65. The molecule has 1 fully saturated rings. The van der Waals surface area contributed by atoms with Crippen molar-refractivity contribution in [3.8, 4) is 0 Å². The molecule has 146 valence electrons. The number of likely N-dealkylation sites (N-methyl/N-ethyl adjacent to an activating group) is 1. The number of aliphatic imine (C=N–C) groups is 1. The first kappa shape index (κ1) is 18.5. The van der Waals surface area contributed by atoms with Crippen LogP contribution in [0.25, 0.3) is 10.9 Å². The summed E-state index contributed by atoms with van der Waals surface area (Å²) in [5.74, 6) is 1.56. The number of carbonyl (C=O) groups is 1. The smallest absolute Gasteiger partial charge is 0.241 e. The van der Waals surface area contributed by atoms with Gasteiger partial charge in [0.05, 0.1) is 18.6 Å². The predicted octanol–water partition coefficient (Wildman–Crippen LogP) is 2.52. The Labute approximate surface area is 166 Å². The van der Waals surface area contributed by atoms with E-state index < -0.39 is 0 Å². The molecule has 1 aromatic carbocycles. The standard InChI is InChI=1S/C22H27N5O/c1-15(2)17-4-5-20-18(9-17)8-16(12-24-20)11-23-19-10-21(25-13-19)27-7-6-26(3)22(28)14-27/h4-5,8-10,12,15,23H,6-7,11,13-14H2,1-3H3. The average molecular weight is 377 g/mol. The lowest BCUT2D eigenvalue weighted by Gasteiger charge is -2.32. The Balaban J connectivity index is 1.40. The summed E-state index contributed by atoms with van der Waals surface area (Å²) in [5.41, 5.74) is 4.59. The van der Waals surface area contributed by atoms with Crippen LogP contribution in [0.3, 0.4) is 0 Å². The Morgan fingerprint density at radius 2 is 2.07 bits per heavy atom. The monoisotopic (exact) mass is 377 g/mol. The summed E-state index contributed by atoms with van der Waals surface area (Å²) in [6, 6.07) is 8.69. The number of benzene rings is 1. The minimum absolute atomic E-state index is 0.145. The molecule has 6 heteroatoms. The van der Waals surface area contributed by atoms with Crippen molar-refractivity contribution in [1.82, 2.24) is 20.1 Å². The Bertz CT molecular complexity index is 963. The van der Waals surface area contributed by atoms with Crippen LogP contribution in [0.1, 0.15) is 30.9 Å². The van der Waals surface area contributed by atoms with E-state index in [1.165, 1.54) is 10.9 Å². The van der Waals surface area contributed by atoms with Gasteiger partial charge >= 0.3 is 0 Å². The van der Waals surface area contributed by atoms with Crippen molar-refractivity contribution in [1.29, 1.82) is 0 Å². The van der Waals surface area contributed by atoms with Crippen LogP contribution in [0, 0.1) is 0 Å². The molecule has 1 saturated heterocycles. The van der Waals surface area contributed by atoms with Crippen molar-refractivity contribution in [2.45, 2.75) is 26.3 Å². The van der Waals surface area contributed by atoms with Gasteiger partial charge in [-0.05, 0) is 35.2 Å². The highest BCUT2D eigenvalue weighted by molar-refractivity contribution is 5.98. The second-order valence-corrected chi connectivity index (χ2v) is 7.88. The van der Waals surface area contributed by atoms with Crippen molar-refractivity contribution in [3.63, 3.8) is 0 Å². The molecule has 6 nitrogen and oxygen atoms in total. The maximum Gasteiger partial charge on any atom is 0.241 e. The lowest BCUT2D eigenvalue weighted by Crippen LogP contribution is -2.50. The van der Waals surface area contributed by atoms with Crippen LogP contribution < -0.4 is 5.32 Å². The van der Waals surface area contributed by atoms with Gasteiger partial charge < -0.3 is 15.1 Å². The minimum Gasteiger partial charge on any atom is -0.383 e. The van der Waals surface area contributed by atoms with Crippen LogP contribution in [-0.2, 0) is 11.3 Å². The van der Waals surface area contributed by atoms with E-state index in [2.05, 4.69) is 64.4 Å². The highest BCUT2D eigenvalue weighted by Crippen LogP contribution is 2.21. The zero-order valence-corrected chi connectivity index (χ0v) is 16.8. The van der Waals surface area contributed by atoms with Crippen molar-refractivity contribution < 1.29 is 4.79 Å². The molecule has 0 saturated carbocycles. The van der Waals surface area contributed by atoms with Crippen molar-refractivity contribution in [3.05, 3.63) is 53.4 Å². The molecule has 1 amide bonds. The second kappa shape index (κ2) is 7.62. The average Bonchev–Trinajstić information content (AvgIpc) is 3.17. The normalized spacial score (nSPS) is 17.4. The van der Waals surface area contributed by atoms with Crippen LogP contribution in [-0.4, -0.2) is 59.8 Å². The maximum atomic E-state index is 11.9. The number of pyridine rings is 1. The number of hydrogen-bond donors (Lipinski definition) is 1. The SMILES string of the molecule is CC(C)c1ccc2ncc(CNC3=CC(N4CCN(C)C(=O)C4)=NC3)cc2c1. The molecular weight excluding hydrogens is 350 g/mol. The molecule has 0 spiro atoms. The van der Waals surface area contributed by atoms with Crippen LogP contribution in [0.5, 0.6) is 0 Å². The van der Waals surface area contributed by atoms with E-state index in [0.717, 1.165) is 35.7 Å². The largest absolute Gasteiger partial charge is 0.383 e. The van der Waals surface area contributed by atoms with E-state index in [4.69, 9.17) is 0 Å². The molecule has 28 heavy (non-hydrogen) atoms. The van der Waals surface area contributed by atoms with Gasteiger partial charge in [-0.1, -0.05) is 19.9 Å². The number of carbonyl (C=O) groups excluding carboxylic acids is 1. The van der Waals surface area contributed by atoms with Gasteiger partial charge in [-0.3, -0.25) is 14.8 Å². The third kappa shape index (κ3) is 3.86.